The molecule has 4 rings (SSSR count). The maximum absolute atomic E-state index is 4.73. The Morgan fingerprint density at radius 3 is 2.80 bits per heavy atom. The smallest absolute Gasteiger partial charge is 0.138 e. The number of H-pyrrole nitrogens is 1. The number of fused-ring (bicyclic) bond motifs is 2. The number of imidazole rings is 1. The minimum atomic E-state index is 0.947. The summed E-state index contributed by atoms with van der Waals surface area (Å²) in [6.07, 6.45) is 2.36. The van der Waals surface area contributed by atoms with E-state index in [1.807, 2.05) is 0 Å². The van der Waals surface area contributed by atoms with Crippen LogP contribution in [0.5, 0.6) is 0 Å². The van der Waals surface area contributed by atoms with E-state index in [2.05, 4.69) is 53.6 Å². The molecule has 3 aromatic rings. The molecule has 0 radical (unpaired) electrons. The van der Waals surface area contributed by atoms with Gasteiger partial charge in [0.15, 0.2) is 0 Å². The van der Waals surface area contributed by atoms with Gasteiger partial charge in [0.2, 0.25) is 0 Å². The second-order valence-corrected chi connectivity index (χ2v) is 5.51. The summed E-state index contributed by atoms with van der Waals surface area (Å²) in [6.45, 7) is 3.16. The lowest BCUT2D eigenvalue weighted by Gasteiger charge is -2.17. The van der Waals surface area contributed by atoms with Crippen LogP contribution in [0.1, 0.15) is 17.5 Å². The number of rotatable bonds is 1. The average Bonchev–Trinajstić information content (AvgIpc) is 2.88. The van der Waals surface area contributed by atoms with Gasteiger partial charge in [0, 0.05) is 17.8 Å². The minimum absolute atomic E-state index is 0.947. The van der Waals surface area contributed by atoms with Crippen LogP contribution < -0.4 is 5.32 Å². The Labute approximate surface area is 118 Å². The molecule has 100 valence electrons. The lowest BCUT2D eigenvalue weighted by molar-refractivity contribution is 0.831. The molecule has 3 heteroatoms. The average molecular weight is 263 g/mol. The second-order valence-electron chi connectivity index (χ2n) is 5.51. The van der Waals surface area contributed by atoms with Crippen LogP contribution in [0.3, 0.4) is 0 Å². The van der Waals surface area contributed by atoms with Gasteiger partial charge in [-0.1, -0.05) is 29.8 Å². The van der Waals surface area contributed by atoms with Gasteiger partial charge in [-0.15, -0.1) is 0 Å². The van der Waals surface area contributed by atoms with Crippen LogP contribution >= 0.6 is 0 Å². The fourth-order valence-corrected chi connectivity index (χ4v) is 2.82. The molecule has 0 saturated carbocycles. The van der Waals surface area contributed by atoms with Crippen LogP contribution in [0.4, 0.5) is 5.69 Å². The first-order valence-corrected chi connectivity index (χ1v) is 7.13. The van der Waals surface area contributed by atoms with Gasteiger partial charge in [-0.05, 0) is 37.5 Å². The number of aryl methyl sites for hydroxylation is 2. The monoisotopic (exact) mass is 263 g/mol. The first-order chi connectivity index (χ1) is 9.79. The van der Waals surface area contributed by atoms with E-state index in [1.54, 1.807) is 0 Å². The highest BCUT2D eigenvalue weighted by molar-refractivity contribution is 5.84. The van der Waals surface area contributed by atoms with Crippen LogP contribution in [0.2, 0.25) is 0 Å². The molecule has 1 aliphatic rings. The molecule has 0 aliphatic carbocycles. The number of anilines is 1. The van der Waals surface area contributed by atoms with Crippen molar-refractivity contribution in [1.82, 2.24) is 9.97 Å². The van der Waals surface area contributed by atoms with Gasteiger partial charge in [-0.25, -0.2) is 4.98 Å². The highest BCUT2D eigenvalue weighted by Gasteiger charge is 2.12. The number of nitrogens with one attached hydrogen (secondary N) is 2. The van der Waals surface area contributed by atoms with Gasteiger partial charge in [-0.2, -0.15) is 0 Å². The molecule has 0 saturated heterocycles. The van der Waals surface area contributed by atoms with Gasteiger partial charge in [0.05, 0.1) is 11.0 Å². The quantitative estimate of drug-likeness (QED) is 0.699. The molecule has 1 aliphatic heterocycles. The summed E-state index contributed by atoms with van der Waals surface area (Å²) in [7, 11) is 0. The molecule has 0 bridgehead atoms. The number of nitrogens with zero attached hydrogens (tertiary/aromatic N) is 1. The van der Waals surface area contributed by atoms with Gasteiger partial charge in [-0.3, -0.25) is 0 Å². The molecule has 2 N–H and O–H groups in total. The predicted octanol–water partition coefficient (Wildman–Crippen LogP) is 3.90. The van der Waals surface area contributed by atoms with E-state index in [1.165, 1.54) is 23.2 Å². The van der Waals surface area contributed by atoms with E-state index in [9.17, 15) is 0 Å². The Kier molecular flexibility index (Phi) is 2.52. The summed E-state index contributed by atoms with van der Waals surface area (Å²) in [6, 6.07) is 12.9. The molecule has 3 nitrogen and oxygen atoms in total. The SMILES string of the molecule is Cc1ccc(-c2nc3cc4c(cc3[nH]2)CCCN4)cc1. The van der Waals surface area contributed by atoms with Gasteiger partial charge < -0.3 is 10.3 Å². The summed E-state index contributed by atoms with van der Waals surface area (Å²) in [5.74, 6) is 0.947. The van der Waals surface area contributed by atoms with E-state index in [-0.39, 0.29) is 0 Å². The largest absolute Gasteiger partial charge is 0.385 e. The zero-order chi connectivity index (χ0) is 13.5. The molecule has 0 spiro atoms. The second kappa shape index (κ2) is 4.37. The van der Waals surface area contributed by atoms with Gasteiger partial charge in [0.25, 0.3) is 0 Å². The molecule has 0 unspecified atom stereocenters. The third-order valence-electron chi connectivity index (χ3n) is 3.97. The van der Waals surface area contributed by atoms with E-state index < -0.39 is 0 Å². The van der Waals surface area contributed by atoms with Crippen LogP contribution in [0.15, 0.2) is 36.4 Å². The topological polar surface area (TPSA) is 40.7 Å². The number of hydrogen-bond donors (Lipinski definition) is 2. The van der Waals surface area contributed by atoms with Gasteiger partial charge in [0.1, 0.15) is 5.82 Å². The summed E-state index contributed by atoms with van der Waals surface area (Å²) < 4.78 is 0. The van der Waals surface area contributed by atoms with E-state index in [0.717, 1.165) is 35.4 Å². The Balaban J connectivity index is 1.84. The zero-order valence-electron chi connectivity index (χ0n) is 11.5. The molecule has 0 fully saturated rings. The van der Waals surface area contributed by atoms with Crippen LogP contribution in [-0.4, -0.2) is 16.5 Å². The summed E-state index contributed by atoms with van der Waals surface area (Å²) in [5, 5.41) is 3.46. The van der Waals surface area contributed by atoms with Crippen molar-refractivity contribution in [3.63, 3.8) is 0 Å². The first kappa shape index (κ1) is 11.5. The zero-order valence-corrected chi connectivity index (χ0v) is 11.5. The highest BCUT2D eigenvalue weighted by Crippen LogP contribution is 2.28. The molecule has 2 aromatic carbocycles. The molecule has 2 heterocycles. The maximum atomic E-state index is 4.73. The highest BCUT2D eigenvalue weighted by atomic mass is 14.9. The molecular formula is C17H17N3. The molecule has 20 heavy (non-hydrogen) atoms. The Morgan fingerprint density at radius 1 is 1.10 bits per heavy atom. The van der Waals surface area contributed by atoms with E-state index in [0.29, 0.717) is 0 Å². The Bertz CT molecular complexity index is 726. The fourth-order valence-electron chi connectivity index (χ4n) is 2.82. The van der Waals surface area contributed by atoms with Crippen molar-refractivity contribution < 1.29 is 0 Å². The normalized spacial score (nSPS) is 14.1. The fraction of sp³-hybridized carbons (Fsp3) is 0.235. The standard InChI is InChI=1S/C17H17N3/c1-11-4-6-12(7-5-11)17-19-15-9-13-3-2-8-18-14(13)10-16(15)20-17/h4-7,9-10,18H,2-3,8H2,1H3,(H,19,20). The van der Waals surface area contributed by atoms with Crippen molar-refractivity contribution in [2.45, 2.75) is 19.8 Å². The molecular weight excluding hydrogens is 246 g/mol. The number of aromatic amines is 1. The van der Waals surface area contributed by atoms with Crippen molar-refractivity contribution in [1.29, 1.82) is 0 Å². The first-order valence-electron chi connectivity index (χ1n) is 7.13. The minimum Gasteiger partial charge on any atom is -0.385 e. The summed E-state index contributed by atoms with van der Waals surface area (Å²) in [4.78, 5) is 8.17. The van der Waals surface area contributed by atoms with Crippen LogP contribution in [0, 0.1) is 6.92 Å². The van der Waals surface area contributed by atoms with Crippen molar-refractivity contribution in [2.24, 2.45) is 0 Å². The lowest BCUT2D eigenvalue weighted by atomic mass is 10.0. The molecule has 0 amide bonds. The lowest BCUT2D eigenvalue weighted by Crippen LogP contribution is -2.11. The number of hydrogen-bond acceptors (Lipinski definition) is 2. The number of aromatic nitrogens is 2. The third-order valence-corrected chi connectivity index (χ3v) is 3.97. The van der Waals surface area contributed by atoms with Crippen molar-refractivity contribution in [3.8, 4) is 11.4 Å². The summed E-state index contributed by atoms with van der Waals surface area (Å²) in [5.41, 5.74) is 7.20. The van der Waals surface area contributed by atoms with E-state index in [4.69, 9.17) is 4.98 Å². The number of benzene rings is 2. The Hall–Kier alpha value is -2.29. The maximum Gasteiger partial charge on any atom is 0.138 e. The van der Waals surface area contributed by atoms with Crippen molar-refractivity contribution in [2.75, 3.05) is 11.9 Å². The summed E-state index contributed by atoms with van der Waals surface area (Å²) >= 11 is 0. The van der Waals surface area contributed by atoms with Crippen molar-refractivity contribution >= 4 is 16.7 Å². The molecule has 0 atom stereocenters. The Morgan fingerprint density at radius 2 is 1.95 bits per heavy atom. The predicted molar refractivity (Wildman–Crippen MR) is 83.1 cm³/mol. The third kappa shape index (κ3) is 1.86. The van der Waals surface area contributed by atoms with Crippen LogP contribution in [-0.2, 0) is 6.42 Å². The van der Waals surface area contributed by atoms with Crippen molar-refractivity contribution in [3.05, 3.63) is 47.5 Å². The van der Waals surface area contributed by atoms with E-state index >= 15 is 0 Å². The molecule has 1 aromatic heterocycles. The van der Waals surface area contributed by atoms with Gasteiger partial charge >= 0.3 is 0 Å². The van der Waals surface area contributed by atoms with Crippen LogP contribution in [0.25, 0.3) is 22.4 Å².